The first-order valence-corrected chi connectivity index (χ1v) is 7.20. The summed E-state index contributed by atoms with van der Waals surface area (Å²) in [5.41, 5.74) is 1.85. The van der Waals surface area contributed by atoms with Crippen LogP contribution in [-0.2, 0) is 14.4 Å². The Morgan fingerprint density at radius 2 is 1.61 bits per heavy atom. The monoisotopic (exact) mass is 311 g/mol. The van der Waals surface area contributed by atoms with Crippen LogP contribution in [0, 0.1) is 6.92 Å². The van der Waals surface area contributed by atoms with E-state index in [0.717, 1.165) is 5.56 Å². The molecule has 118 valence electrons. The Kier molecular flexibility index (Phi) is 5.63. The number of hydrogen-bond acceptors (Lipinski definition) is 5. The van der Waals surface area contributed by atoms with Crippen LogP contribution < -0.4 is 0 Å². The van der Waals surface area contributed by atoms with Gasteiger partial charge in [-0.2, -0.15) is 0 Å². The van der Waals surface area contributed by atoms with Gasteiger partial charge in [0, 0.05) is 5.56 Å². The van der Waals surface area contributed by atoms with Crippen LogP contribution in [0.5, 0.6) is 0 Å². The standard InChI is InChI=1S/C18H17NO4/c1-3-22-18(21)16(14-7-5-4-6-8-14)19-23-17(20)15-11-9-13(2)10-12-15/h4-12H,3H2,1-2H3/b19-16+. The highest BCUT2D eigenvalue weighted by Gasteiger charge is 2.17. The zero-order chi connectivity index (χ0) is 16.7. The number of oxime groups is 1. The summed E-state index contributed by atoms with van der Waals surface area (Å²) in [4.78, 5) is 28.9. The van der Waals surface area contributed by atoms with Gasteiger partial charge in [0.25, 0.3) is 0 Å². The molecule has 0 heterocycles. The van der Waals surface area contributed by atoms with Crippen molar-refractivity contribution >= 4 is 17.7 Å². The number of rotatable bonds is 5. The van der Waals surface area contributed by atoms with Crippen molar-refractivity contribution in [2.75, 3.05) is 6.61 Å². The summed E-state index contributed by atoms with van der Waals surface area (Å²) in [6.45, 7) is 3.82. The lowest BCUT2D eigenvalue weighted by Gasteiger charge is -2.06. The van der Waals surface area contributed by atoms with E-state index in [1.807, 2.05) is 13.0 Å². The first-order chi connectivity index (χ1) is 11.1. The van der Waals surface area contributed by atoms with Crippen molar-refractivity contribution in [3.05, 3.63) is 71.3 Å². The third-order valence-electron chi connectivity index (χ3n) is 3.02. The molecule has 5 nitrogen and oxygen atoms in total. The molecule has 0 aromatic heterocycles. The van der Waals surface area contributed by atoms with Crippen molar-refractivity contribution in [2.24, 2.45) is 5.16 Å². The molecule has 0 spiro atoms. The van der Waals surface area contributed by atoms with Crippen LogP contribution in [0.2, 0.25) is 0 Å². The van der Waals surface area contributed by atoms with Gasteiger partial charge in [-0.1, -0.05) is 53.2 Å². The average Bonchev–Trinajstić information content (AvgIpc) is 2.57. The zero-order valence-electron chi connectivity index (χ0n) is 13.0. The maximum atomic E-state index is 12.0. The van der Waals surface area contributed by atoms with E-state index >= 15 is 0 Å². The normalized spacial score (nSPS) is 11.0. The number of hydrogen-bond donors (Lipinski definition) is 0. The fraction of sp³-hybridized carbons (Fsp3) is 0.167. The van der Waals surface area contributed by atoms with Crippen LogP contribution in [0.1, 0.15) is 28.4 Å². The maximum Gasteiger partial charge on any atom is 0.365 e. The zero-order valence-corrected chi connectivity index (χ0v) is 13.0. The largest absolute Gasteiger partial charge is 0.461 e. The molecule has 23 heavy (non-hydrogen) atoms. The Morgan fingerprint density at radius 1 is 0.957 bits per heavy atom. The van der Waals surface area contributed by atoms with E-state index in [1.54, 1.807) is 55.5 Å². The van der Waals surface area contributed by atoms with Crippen molar-refractivity contribution in [3.8, 4) is 0 Å². The van der Waals surface area contributed by atoms with E-state index in [-0.39, 0.29) is 12.3 Å². The second-order valence-corrected chi connectivity index (χ2v) is 4.77. The third-order valence-corrected chi connectivity index (χ3v) is 3.02. The van der Waals surface area contributed by atoms with E-state index in [1.165, 1.54) is 0 Å². The van der Waals surface area contributed by atoms with E-state index < -0.39 is 11.9 Å². The molecule has 0 atom stereocenters. The molecule has 5 heteroatoms. The van der Waals surface area contributed by atoms with E-state index in [4.69, 9.17) is 9.57 Å². The second kappa shape index (κ2) is 7.89. The molecule has 0 radical (unpaired) electrons. The lowest BCUT2D eigenvalue weighted by atomic mass is 10.1. The first kappa shape index (κ1) is 16.4. The summed E-state index contributed by atoms with van der Waals surface area (Å²) in [5, 5.41) is 3.70. The van der Waals surface area contributed by atoms with Crippen molar-refractivity contribution in [2.45, 2.75) is 13.8 Å². The van der Waals surface area contributed by atoms with E-state index in [2.05, 4.69) is 5.16 Å². The van der Waals surface area contributed by atoms with Crippen molar-refractivity contribution in [3.63, 3.8) is 0 Å². The van der Waals surface area contributed by atoms with Crippen molar-refractivity contribution in [1.82, 2.24) is 0 Å². The predicted octanol–water partition coefficient (Wildman–Crippen LogP) is 3.12. The summed E-state index contributed by atoms with van der Waals surface area (Å²) in [5.74, 6) is -1.28. The number of nitrogens with zero attached hydrogens (tertiary/aromatic N) is 1. The van der Waals surface area contributed by atoms with Gasteiger partial charge in [0.15, 0.2) is 5.71 Å². The quantitative estimate of drug-likeness (QED) is 0.368. The number of benzene rings is 2. The fourth-order valence-corrected chi connectivity index (χ4v) is 1.83. The number of carbonyl (C=O) groups is 2. The Bertz CT molecular complexity index is 706. The number of carbonyl (C=O) groups excluding carboxylic acids is 2. The Morgan fingerprint density at radius 3 is 2.22 bits per heavy atom. The molecule has 0 saturated carbocycles. The van der Waals surface area contributed by atoms with E-state index in [0.29, 0.717) is 11.1 Å². The summed E-state index contributed by atoms with van der Waals surface area (Å²) in [6.07, 6.45) is 0. The van der Waals surface area contributed by atoms with Crippen LogP contribution >= 0.6 is 0 Å². The molecule has 0 N–H and O–H groups in total. The average molecular weight is 311 g/mol. The Balaban J connectivity index is 2.21. The molecule has 2 aromatic carbocycles. The topological polar surface area (TPSA) is 65.0 Å². The first-order valence-electron chi connectivity index (χ1n) is 7.20. The maximum absolute atomic E-state index is 12.0. The molecular formula is C18H17NO4. The molecule has 2 rings (SSSR count). The molecule has 0 fully saturated rings. The number of ether oxygens (including phenoxy) is 1. The van der Waals surface area contributed by atoms with Crippen LogP contribution in [-0.4, -0.2) is 24.3 Å². The molecule has 0 aliphatic carbocycles. The second-order valence-electron chi connectivity index (χ2n) is 4.77. The molecule has 0 amide bonds. The minimum atomic E-state index is -0.643. The minimum Gasteiger partial charge on any atom is -0.461 e. The molecule has 0 saturated heterocycles. The SMILES string of the molecule is CCOC(=O)/C(=N/OC(=O)c1ccc(C)cc1)c1ccccc1. The van der Waals surface area contributed by atoms with Gasteiger partial charge in [0.05, 0.1) is 12.2 Å². The predicted molar refractivity (Wildman–Crippen MR) is 86.2 cm³/mol. The summed E-state index contributed by atoms with van der Waals surface area (Å²) >= 11 is 0. The Labute approximate surface area is 134 Å². The molecule has 0 unspecified atom stereocenters. The highest BCUT2D eigenvalue weighted by Crippen LogP contribution is 2.08. The lowest BCUT2D eigenvalue weighted by Crippen LogP contribution is -2.20. The van der Waals surface area contributed by atoms with Gasteiger partial charge >= 0.3 is 11.9 Å². The van der Waals surface area contributed by atoms with Gasteiger partial charge in [-0.15, -0.1) is 0 Å². The molecular weight excluding hydrogens is 294 g/mol. The van der Waals surface area contributed by atoms with Crippen molar-refractivity contribution in [1.29, 1.82) is 0 Å². The van der Waals surface area contributed by atoms with Gasteiger partial charge in [-0.25, -0.2) is 9.59 Å². The summed E-state index contributed by atoms with van der Waals surface area (Å²) in [6, 6.07) is 15.6. The highest BCUT2D eigenvalue weighted by atomic mass is 16.7. The van der Waals surface area contributed by atoms with Gasteiger partial charge in [0.2, 0.25) is 0 Å². The molecule has 0 aliphatic rings. The number of esters is 1. The highest BCUT2D eigenvalue weighted by molar-refractivity contribution is 6.43. The van der Waals surface area contributed by atoms with Gasteiger partial charge in [0.1, 0.15) is 0 Å². The van der Waals surface area contributed by atoms with E-state index in [9.17, 15) is 9.59 Å². The van der Waals surface area contributed by atoms with Gasteiger partial charge in [-0.3, -0.25) is 0 Å². The molecule has 0 bridgehead atoms. The van der Waals surface area contributed by atoms with Gasteiger partial charge < -0.3 is 9.57 Å². The van der Waals surface area contributed by atoms with Crippen LogP contribution in [0.15, 0.2) is 59.8 Å². The smallest absolute Gasteiger partial charge is 0.365 e. The van der Waals surface area contributed by atoms with Crippen molar-refractivity contribution < 1.29 is 19.2 Å². The summed E-state index contributed by atoms with van der Waals surface area (Å²) in [7, 11) is 0. The molecule has 0 aliphatic heterocycles. The number of aryl methyl sites for hydroxylation is 1. The van der Waals surface area contributed by atoms with Crippen LogP contribution in [0.3, 0.4) is 0 Å². The van der Waals surface area contributed by atoms with Crippen LogP contribution in [0.4, 0.5) is 0 Å². The van der Waals surface area contributed by atoms with Crippen LogP contribution in [0.25, 0.3) is 0 Å². The third kappa shape index (κ3) is 4.51. The molecule has 2 aromatic rings. The Hall–Kier alpha value is -2.95. The minimum absolute atomic E-state index is 0.0482. The summed E-state index contributed by atoms with van der Waals surface area (Å²) < 4.78 is 4.95. The van der Waals surface area contributed by atoms with Gasteiger partial charge in [-0.05, 0) is 26.0 Å². The lowest BCUT2D eigenvalue weighted by molar-refractivity contribution is -0.135. The fourth-order valence-electron chi connectivity index (χ4n) is 1.83.